The van der Waals surface area contributed by atoms with Gasteiger partial charge < -0.3 is 14.7 Å². The lowest BCUT2D eigenvalue weighted by Crippen LogP contribution is -2.42. The fraction of sp³-hybridized carbons (Fsp3) is 0.619. The van der Waals surface area contributed by atoms with E-state index in [2.05, 4.69) is 0 Å². The Morgan fingerprint density at radius 3 is 2.48 bits per heavy atom. The molecule has 1 aromatic carbocycles. The first-order chi connectivity index (χ1) is 13.0. The summed E-state index contributed by atoms with van der Waals surface area (Å²) < 4.78 is 5.52. The van der Waals surface area contributed by atoms with Crippen LogP contribution in [0.3, 0.4) is 0 Å². The third kappa shape index (κ3) is 4.30. The van der Waals surface area contributed by atoms with E-state index in [1.807, 2.05) is 19.1 Å². The third-order valence-corrected chi connectivity index (χ3v) is 6.42. The Kier molecular flexibility index (Phi) is 6.43. The fourth-order valence-corrected chi connectivity index (χ4v) is 4.76. The van der Waals surface area contributed by atoms with Crippen molar-refractivity contribution in [1.29, 1.82) is 0 Å². The van der Waals surface area contributed by atoms with Gasteiger partial charge in [0.25, 0.3) is 0 Å². The molecule has 148 valence electrons. The van der Waals surface area contributed by atoms with Gasteiger partial charge >= 0.3 is 5.97 Å². The van der Waals surface area contributed by atoms with E-state index in [0.29, 0.717) is 24.8 Å². The van der Waals surface area contributed by atoms with Gasteiger partial charge in [0.2, 0.25) is 5.91 Å². The molecule has 1 heterocycles. The van der Waals surface area contributed by atoms with Gasteiger partial charge in [-0.25, -0.2) is 0 Å². The molecule has 0 radical (unpaired) electrons. The highest BCUT2D eigenvalue weighted by atomic mass is 35.5. The molecule has 0 bridgehead atoms. The van der Waals surface area contributed by atoms with E-state index in [4.69, 9.17) is 16.3 Å². The van der Waals surface area contributed by atoms with E-state index in [0.717, 1.165) is 37.7 Å². The molecule has 5 nitrogen and oxygen atoms in total. The largest absolute Gasteiger partial charge is 0.481 e. The number of ether oxygens (including phenoxy) is 1. The highest BCUT2D eigenvalue weighted by Gasteiger charge is 2.48. The van der Waals surface area contributed by atoms with Crippen molar-refractivity contribution in [3.8, 4) is 0 Å². The van der Waals surface area contributed by atoms with Gasteiger partial charge in [-0.3, -0.25) is 9.59 Å². The number of likely N-dealkylation sites (tertiary alicyclic amines) is 1. The predicted molar refractivity (Wildman–Crippen MR) is 104 cm³/mol. The summed E-state index contributed by atoms with van der Waals surface area (Å²) in [6.07, 6.45) is 4.57. The Bertz CT molecular complexity index is 669. The molecule has 1 aromatic rings. The number of amides is 1. The minimum absolute atomic E-state index is 0.113. The number of nitrogens with zero attached hydrogens (tertiary/aromatic N) is 1. The highest BCUT2D eigenvalue weighted by molar-refractivity contribution is 6.30. The van der Waals surface area contributed by atoms with E-state index >= 15 is 0 Å². The van der Waals surface area contributed by atoms with Gasteiger partial charge in [0, 0.05) is 37.2 Å². The van der Waals surface area contributed by atoms with Gasteiger partial charge in [-0.2, -0.15) is 0 Å². The van der Waals surface area contributed by atoms with E-state index < -0.39 is 11.9 Å². The van der Waals surface area contributed by atoms with E-state index in [1.54, 1.807) is 17.0 Å². The maximum atomic E-state index is 13.4. The van der Waals surface area contributed by atoms with Crippen molar-refractivity contribution in [2.75, 3.05) is 26.3 Å². The molecule has 3 rings (SSSR count). The van der Waals surface area contributed by atoms with Crippen molar-refractivity contribution in [1.82, 2.24) is 4.90 Å². The minimum Gasteiger partial charge on any atom is -0.481 e. The van der Waals surface area contributed by atoms with Crippen LogP contribution in [0.25, 0.3) is 0 Å². The van der Waals surface area contributed by atoms with Gasteiger partial charge in [0.15, 0.2) is 0 Å². The van der Waals surface area contributed by atoms with E-state index in [-0.39, 0.29) is 23.8 Å². The summed E-state index contributed by atoms with van der Waals surface area (Å²) in [6, 6.07) is 7.30. The van der Waals surface area contributed by atoms with Gasteiger partial charge in [-0.15, -0.1) is 0 Å². The number of carboxylic acid groups (broad SMARTS) is 1. The monoisotopic (exact) mass is 393 g/mol. The Balaban J connectivity index is 1.78. The third-order valence-electron chi connectivity index (χ3n) is 6.17. The second-order valence-electron chi connectivity index (χ2n) is 7.75. The molecule has 2 aliphatic rings. The van der Waals surface area contributed by atoms with Crippen LogP contribution in [-0.2, 0) is 14.3 Å². The number of benzene rings is 1. The zero-order chi connectivity index (χ0) is 19.4. The van der Waals surface area contributed by atoms with Crippen LogP contribution in [0, 0.1) is 11.3 Å². The summed E-state index contributed by atoms with van der Waals surface area (Å²) in [7, 11) is 0. The first-order valence-electron chi connectivity index (χ1n) is 9.82. The number of aliphatic carboxylic acids is 1. The summed E-state index contributed by atoms with van der Waals surface area (Å²) in [5, 5.41) is 10.3. The van der Waals surface area contributed by atoms with Gasteiger partial charge in [0.05, 0.1) is 11.3 Å². The van der Waals surface area contributed by atoms with Gasteiger partial charge in [0.1, 0.15) is 0 Å². The van der Waals surface area contributed by atoms with E-state index in [1.165, 1.54) is 0 Å². The summed E-state index contributed by atoms with van der Waals surface area (Å²) >= 11 is 5.97. The summed E-state index contributed by atoms with van der Waals surface area (Å²) in [4.78, 5) is 27.1. The zero-order valence-electron chi connectivity index (χ0n) is 15.8. The second kappa shape index (κ2) is 8.61. The minimum atomic E-state index is -0.847. The average Bonchev–Trinajstić information content (AvgIpc) is 3.30. The average molecular weight is 394 g/mol. The Morgan fingerprint density at radius 2 is 1.89 bits per heavy atom. The van der Waals surface area contributed by atoms with Gasteiger partial charge in [-0.1, -0.05) is 36.6 Å². The number of hydrogen-bond acceptors (Lipinski definition) is 3. The second-order valence-corrected chi connectivity index (χ2v) is 8.18. The molecule has 0 aromatic heterocycles. The number of halogens is 1. The van der Waals surface area contributed by atoms with Crippen LogP contribution in [0.5, 0.6) is 0 Å². The maximum absolute atomic E-state index is 13.4. The van der Waals surface area contributed by atoms with Crippen molar-refractivity contribution >= 4 is 23.5 Å². The van der Waals surface area contributed by atoms with Crippen LogP contribution in [0.4, 0.5) is 0 Å². The molecule has 2 fully saturated rings. The van der Waals surface area contributed by atoms with E-state index in [9.17, 15) is 14.7 Å². The molecule has 1 aliphatic carbocycles. The van der Waals surface area contributed by atoms with Gasteiger partial charge in [-0.05, 0) is 43.9 Å². The lowest BCUT2D eigenvalue weighted by Gasteiger charge is -2.32. The highest BCUT2D eigenvalue weighted by Crippen LogP contribution is 2.45. The summed E-state index contributed by atoms with van der Waals surface area (Å²) in [6.45, 7) is 3.91. The predicted octanol–water partition coefficient (Wildman–Crippen LogP) is 3.95. The van der Waals surface area contributed by atoms with Crippen molar-refractivity contribution in [2.24, 2.45) is 11.3 Å². The Hall–Kier alpha value is -1.59. The molecule has 1 saturated heterocycles. The standard InChI is InChI=1S/C21H28ClNO4/c1-2-27-12-11-21(9-3-4-10-21)20(26)23-13-17(18(14-23)19(24)25)15-5-7-16(22)8-6-15/h5-8,17-18H,2-4,9-14H2,1H3,(H,24,25)/t17-,18+/m0/s1. The maximum Gasteiger partial charge on any atom is 0.308 e. The first-order valence-corrected chi connectivity index (χ1v) is 10.2. The van der Waals surface area contributed by atoms with Crippen molar-refractivity contribution in [2.45, 2.75) is 44.9 Å². The van der Waals surface area contributed by atoms with Crippen LogP contribution in [0.2, 0.25) is 5.02 Å². The zero-order valence-corrected chi connectivity index (χ0v) is 16.6. The summed E-state index contributed by atoms with van der Waals surface area (Å²) in [5.74, 6) is -1.52. The van der Waals surface area contributed by atoms with Crippen LogP contribution < -0.4 is 0 Å². The molecule has 0 spiro atoms. The lowest BCUT2D eigenvalue weighted by atomic mass is 9.81. The number of hydrogen-bond donors (Lipinski definition) is 1. The molecule has 0 unspecified atom stereocenters. The summed E-state index contributed by atoms with van der Waals surface area (Å²) in [5.41, 5.74) is 0.546. The topological polar surface area (TPSA) is 66.8 Å². The number of rotatable bonds is 7. The fourth-order valence-electron chi connectivity index (χ4n) is 4.64. The molecular weight excluding hydrogens is 366 g/mol. The molecule has 1 saturated carbocycles. The Labute approximate surface area is 165 Å². The molecule has 2 atom stereocenters. The molecule has 1 amide bonds. The molecule has 27 heavy (non-hydrogen) atoms. The lowest BCUT2D eigenvalue weighted by molar-refractivity contribution is -0.144. The molecular formula is C21H28ClNO4. The smallest absolute Gasteiger partial charge is 0.308 e. The molecule has 1 aliphatic heterocycles. The first kappa shape index (κ1) is 20.2. The van der Waals surface area contributed by atoms with Crippen LogP contribution in [-0.4, -0.2) is 48.2 Å². The normalized spacial score (nSPS) is 24.3. The quantitative estimate of drug-likeness (QED) is 0.712. The molecule has 1 N–H and O–H groups in total. The van der Waals surface area contributed by atoms with Crippen molar-refractivity contribution in [3.05, 3.63) is 34.9 Å². The van der Waals surface area contributed by atoms with Crippen LogP contribution >= 0.6 is 11.6 Å². The van der Waals surface area contributed by atoms with Crippen molar-refractivity contribution in [3.63, 3.8) is 0 Å². The van der Waals surface area contributed by atoms with Crippen LogP contribution in [0.1, 0.15) is 50.5 Å². The van der Waals surface area contributed by atoms with Crippen LogP contribution in [0.15, 0.2) is 24.3 Å². The van der Waals surface area contributed by atoms with Crippen molar-refractivity contribution < 1.29 is 19.4 Å². The number of carbonyl (C=O) groups is 2. The molecule has 6 heteroatoms. The SMILES string of the molecule is CCOCCC1(C(=O)N2C[C@@H](C(=O)O)[C@H](c3ccc(Cl)cc3)C2)CCCC1. The number of carboxylic acids is 1. The number of carbonyl (C=O) groups excluding carboxylic acids is 1. The Morgan fingerprint density at radius 1 is 1.22 bits per heavy atom.